The molecule has 1 aromatic heterocycles. The highest BCUT2D eigenvalue weighted by molar-refractivity contribution is 5.94. The van der Waals surface area contributed by atoms with Gasteiger partial charge in [-0.1, -0.05) is 12.1 Å². The van der Waals surface area contributed by atoms with Gasteiger partial charge in [0.15, 0.2) is 0 Å². The van der Waals surface area contributed by atoms with Crippen molar-refractivity contribution in [2.45, 2.75) is 25.6 Å². The van der Waals surface area contributed by atoms with E-state index in [1.165, 1.54) is 17.0 Å². The van der Waals surface area contributed by atoms with Gasteiger partial charge in [-0.2, -0.15) is 28.1 Å². The fraction of sp³-hybridized carbons (Fsp3) is 0.304. The number of alkyl halides is 3. The van der Waals surface area contributed by atoms with Crippen LogP contribution in [0.15, 0.2) is 48.5 Å². The lowest BCUT2D eigenvalue weighted by molar-refractivity contribution is -0.137. The topological polar surface area (TPSA) is 115 Å². The maximum atomic E-state index is 13.1. The molecule has 0 saturated heterocycles. The summed E-state index contributed by atoms with van der Waals surface area (Å²) in [5, 5.41) is 18.6. The predicted molar refractivity (Wildman–Crippen MR) is 127 cm³/mol. The summed E-state index contributed by atoms with van der Waals surface area (Å²) in [7, 11) is 3.28. The smallest absolute Gasteiger partial charge is 0.389 e. The Hall–Kier alpha value is -3.93. The van der Waals surface area contributed by atoms with Crippen LogP contribution in [0.5, 0.6) is 0 Å². The lowest BCUT2D eigenvalue weighted by Gasteiger charge is -2.18. The van der Waals surface area contributed by atoms with E-state index in [1.54, 1.807) is 52.2 Å². The van der Waals surface area contributed by atoms with Gasteiger partial charge in [-0.05, 0) is 50.2 Å². The Morgan fingerprint density at radius 2 is 1.46 bits per heavy atom. The second kappa shape index (κ2) is 10.1. The molecule has 3 aromatic rings. The number of carbonyl (C=O) groups is 1. The Balaban J connectivity index is 1.92. The number of anilines is 5. The zero-order valence-corrected chi connectivity index (χ0v) is 19.6. The number of benzene rings is 2. The first-order valence-corrected chi connectivity index (χ1v) is 10.6. The third-order valence-corrected chi connectivity index (χ3v) is 4.53. The summed E-state index contributed by atoms with van der Waals surface area (Å²) in [6, 6.07) is 11.3. The molecule has 12 heteroatoms. The van der Waals surface area contributed by atoms with E-state index in [-0.39, 0.29) is 36.0 Å². The number of hydrogen-bond donors (Lipinski definition) is 4. The van der Waals surface area contributed by atoms with Gasteiger partial charge in [-0.3, -0.25) is 4.79 Å². The summed E-state index contributed by atoms with van der Waals surface area (Å²) in [6.45, 7) is 3.29. The fourth-order valence-corrected chi connectivity index (χ4v) is 2.88. The summed E-state index contributed by atoms with van der Waals surface area (Å²) < 4.78 is 39.3. The molecule has 0 radical (unpaired) electrons. The lowest BCUT2D eigenvalue weighted by Crippen LogP contribution is -2.30. The van der Waals surface area contributed by atoms with Crippen molar-refractivity contribution >= 4 is 35.1 Å². The minimum Gasteiger partial charge on any atom is -0.389 e. The first-order chi connectivity index (χ1) is 16.3. The van der Waals surface area contributed by atoms with Crippen molar-refractivity contribution in [1.82, 2.24) is 19.9 Å². The molecule has 0 aliphatic carbocycles. The number of hydrogen-bond acceptors (Lipinski definition) is 8. The fourth-order valence-electron chi connectivity index (χ4n) is 2.88. The molecule has 0 unspecified atom stereocenters. The number of aromatic nitrogens is 3. The van der Waals surface area contributed by atoms with Gasteiger partial charge in [0.2, 0.25) is 17.8 Å². The molecule has 2 aromatic carbocycles. The van der Waals surface area contributed by atoms with Crippen LogP contribution < -0.4 is 16.0 Å². The molecule has 0 aliphatic rings. The molecule has 0 bridgehead atoms. The van der Waals surface area contributed by atoms with Gasteiger partial charge in [0.25, 0.3) is 5.91 Å². The SMILES string of the molecule is CN(C)C(=O)c1cccc(Nc2nc(NCC(C)(C)O)nc(Nc3cccc(C(F)(F)F)c3)n2)c1. The standard InChI is InChI=1S/C23H26F3N7O2/c1-22(2,35)13-27-19-30-20(28-16-9-5-7-14(11-16)18(34)33(3)4)32-21(31-19)29-17-10-6-8-15(12-17)23(24,25)26/h5-12,35H,13H2,1-4H3,(H3,27,28,29,30,31,32). The molecular formula is C23H26F3N7O2. The molecule has 186 valence electrons. The lowest BCUT2D eigenvalue weighted by atomic mass is 10.1. The minimum atomic E-state index is -4.50. The number of halogens is 3. The molecule has 0 atom stereocenters. The number of nitrogens with zero attached hydrogens (tertiary/aromatic N) is 4. The van der Waals surface area contributed by atoms with Gasteiger partial charge >= 0.3 is 6.18 Å². The van der Waals surface area contributed by atoms with Crippen LogP contribution in [0, 0.1) is 0 Å². The van der Waals surface area contributed by atoms with Gasteiger partial charge in [-0.25, -0.2) is 0 Å². The zero-order valence-electron chi connectivity index (χ0n) is 19.6. The zero-order chi connectivity index (χ0) is 25.8. The van der Waals surface area contributed by atoms with Crippen molar-refractivity contribution in [2.75, 3.05) is 36.6 Å². The Labute approximate surface area is 200 Å². The number of amides is 1. The first kappa shape index (κ1) is 25.7. The average molecular weight is 490 g/mol. The first-order valence-electron chi connectivity index (χ1n) is 10.6. The molecule has 9 nitrogen and oxygen atoms in total. The summed E-state index contributed by atoms with van der Waals surface area (Å²) in [4.78, 5) is 26.4. The van der Waals surface area contributed by atoms with Crippen molar-refractivity contribution in [1.29, 1.82) is 0 Å². The number of carbonyl (C=O) groups excluding carboxylic acids is 1. The summed E-state index contributed by atoms with van der Waals surface area (Å²) in [5.74, 6) is -0.0638. The van der Waals surface area contributed by atoms with Crippen LogP contribution in [0.25, 0.3) is 0 Å². The van der Waals surface area contributed by atoms with E-state index in [1.807, 2.05) is 0 Å². The molecule has 1 heterocycles. The molecule has 1 amide bonds. The Morgan fingerprint density at radius 3 is 2.00 bits per heavy atom. The number of aliphatic hydroxyl groups is 1. The van der Waals surface area contributed by atoms with Gasteiger partial charge < -0.3 is 26.0 Å². The Bertz CT molecular complexity index is 1190. The average Bonchev–Trinajstić information content (AvgIpc) is 2.76. The summed E-state index contributed by atoms with van der Waals surface area (Å²) in [6.07, 6.45) is -4.50. The van der Waals surface area contributed by atoms with Gasteiger partial charge in [0.05, 0.1) is 11.2 Å². The van der Waals surface area contributed by atoms with Gasteiger partial charge in [0.1, 0.15) is 0 Å². The highest BCUT2D eigenvalue weighted by Crippen LogP contribution is 2.31. The third-order valence-electron chi connectivity index (χ3n) is 4.53. The molecule has 0 saturated carbocycles. The predicted octanol–water partition coefficient (Wildman–Crippen LogP) is 4.26. The van der Waals surface area contributed by atoms with Crippen LogP contribution in [-0.4, -0.2) is 57.1 Å². The van der Waals surface area contributed by atoms with Crippen molar-refractivity contribution in [3.63, 3.8) is 0 Å². The molecule has 35 heavy (non-hydrogen) atoms. The molecule has 0 spiro atoms. The number of rotatable bonds is 8. The van der Waals surface area contributed by atoms with Crippen LogP contribution in [0.4, 0.5) is 42.4 Å². The van der Waals surface area contributed by atoms with Crippen molar-refractivity contribution in [2.24, 2.45) is 0 Å². The van der Waals surface area contributed by atoms with E-state index in [9.17, 15) is 23.1 Å². The van der Waals surface area contributed by atoms with Gasteiger partial charge in [-0.15, -0.1) is 0 Å². The quantitative estimate of drug-likeness (QED) is 0.371. The third kappa shape index (κ3) is 7.54. The molecular weight excluding hydrogens is 463 g/mol. The monoisotopic (exact) mass is 489 g/mol. The summed E-state index contributed by atoms with van der Waals surface area (Å²) in [5.41, 5.74) is -0.809. The highest BCUT2D eigenvalue weighted by Gasteiger charge is 2.30. The van der Waals surface area contributed by atoms with E-state index >= 15 is 0 Å². The van der Waals surface area contributed by atoms with Crippen molar-refractivity contribution < 1.29 is 23.1 Å². The van der Waals surface area contributed by atoms with E-state index in [4.69, 9.17) is 0 Å². The molecule has 4 N–H and O–H groups in total. The number of nitrogens with one attached hydrogen (secondary N) is 3. The molecule has 0 fully saturated rings. The largest absolute Gasteiger partial charge is 0.416 e. The van der Waals surface area contributed by atoms with E-state index in [2.05, 4.69) is 30.9 Å². The maximum Gasteiger partial charge on any atom is 0.416 e. The Kier molecular flexibility index (Phi) is 7.44. The Morgan fingerprint density at radius 1 is 0.914 bits per heavy atom. The van der Waals surface area contributed by atoms with Crippen LogP contribution in [0.2, 0.25) is 0 Å². The van der Waals surface area contributed by atoms with E-state index < -0.39 is 17.3 Å². The van der Waals surface area contributed by atoms with Gasteiger partial charge in [0, 0.05) is 37.6 Å². The minimum absolute atomic E-state index is 0.0272. The van der Waals surface area contributed by atoms with E-state index in [0.717, 1.165) is 12.1 Å². The highest BCUT2D eigenvalue weighted by atomic mass is 19.4. The van der Waals surface area contributed by atoms with Crippen LogP contribution >= 0.6 is 0 Å². The second-order valence-electron chi connectivity index (χ2n) is 8.58. The second-order valence-corrected chi connectivity index (χ2v) is 8.58. The molecule has 3 rings (SSSR count). The van der Waals surface area contributed by atoms with Crippen LogP contribution in [0.3, 0.4) is 0 Å². The molecule has 0 aliphatic heterocycles. The van der Waals surface area contributed by atoms with Crippen LogP contribution in [-0.2, 0) is 6.18 Å². The van der Waals surface area contributed by atoms with E-state index in [0.29, 0.717) is 11.3 Å². The summed E-state index contributed by atoms with van der Waals surface area (Å²) >= 11 is 0. The van der Waals surface area contributed by atoms with Crippen molar-refractivity contribution in [3.05, 3.63) is 59.7 Å². The van der Waals surface area contributed by atoms with Crippen LogP contribution in [0.1, 0.15) is 29.8 Å². The van der Waals surface area contributed by atoms with Crippen molar-refractivity contribution in [3.8, 4) is 0 Å². The normalized spacial score (nSPS) is 11.7. The maximum absolute atomic E-state index is 13.1.